The molecule has 15 heterocycles. The summed E-state index contributed by atoms with van der Waals surface area (Å²) in [5.41, 5.74) is 15.3. The number of nitrogens with two attached hydrogens (primary N) is 4. The minimum atomic E-state index is -6.10. The Bertz CT molecular complexity index is 6300. The predicted octanol–water partition coefficient (Wildman–Crippen LogP) is -1.99. The highest BCUT2D eigenvalue weighted by atomic mass is 31.2. The summed E-state index contributed by atoms with van der Waals surface area (Å²) < 4.78 is 228. The van der Waals surface area contributed by atoms with Crippen LogP contribution in [0.4, 0.5) is 36.7 Å². The van der Waals surface area contributed by atoms with Crippen LogP contribution < -0.4 is 62.2 Å². The lowest BCUT2D eigenvalue weighted by molar-refractivity contribution is -0.0657. The molecule has 0 radical (unpaired) electrons. The van der Waals surface area contributed by atoms with E-state index >= 15 is 13.2 Å². The van der Waals surface area contributed by atoms with E-state index in [-0.39, 0.29) is 34.1 Å². The van der Waals surface area contributed by atoms with E-state index in [1.165, 1.54) is 12.7 Å². The van der Waals surface area contributed by atoms with Crippen LogP contribution in [0.25, 0.3) is 33.5 Å². The van der Waals surface area contributed by atoms with Crippen LogP contribution in [-0.4, -0.2) is 257 Å². The molecule has 9 aromatic heterocycles. The number of ether oxygens (including phenoxy) is 8. The van der Waals surface area contributed by atoms with Crippen LogP contribution in [0.15, 0.2) is 95.7 Å². The zero-order chi connectivity index (χ0) is 90.5. The molecule has 6 fully saturated rings. The van der Waals surface area contributed by atoms with Gasteiger partial charge in [-0.05, 0) is 18.9 Å². The molecule has 57 nitrogen and oxygen atoms in total. The second-order valence-electron chi connectivity index (χ2n) is 28.9. The summed E-state index contributed by atoms with van der Waals surface area (Å²) >= 11 is 0. The van der Waals surface area contributed by atoms with Gasteiger partial charge >= 0.3 is 56.2 Å². The van der Waals surface area contributed by atoms with Crippen molar-refractivity contribution in [3.63, 3.8) is 0 Å². The topological polar surface area (TPSA) is 772 Å². The molecule has 11 unspecified atom stereocenters. The van der Waals surface area contributed by atoms with Gasteiger partial charge in [0.15, 0.2) is 83.4 Å². The van der Waals surface area contributed by atoms with Crippen molar-refractivity contribution in [2.75, 3.05) is 70.2 Å². The minimum absolute atomic E-state index is 0.0893. The molecule has 0 saturated carbocycles. The molecule has 0 aromatic carbocycles. The first-order valence-electron chi connectivity index (χ1n) is 37.0. The fourth-order valence-electron chi connectivity index (χ4n) is 14.9. The Hall–Kier alpha value is -9.29. The summed E-state index contributed by atoms with van der Waals surface area (Å²) in [6.07, 6.45) is -37.5. The maximum Gasteiger partial charge on any atom is 0.472 e. The third-order valence-electron chi connectivity index (χ3n) is 21.0. The minimum Gasteiger partial charge on any atom is -0.383 e. The Morgan fingerprint density at radius 3 is 1.21 bits per heavy atom. The zero-order valence-corrected chi connectivity index (χ0v) is 69.6. The number of imidazole rings is 3. The van der Waals surface area contributed by atoms with E-state index in [0.29, 0.717) is 31.6 Å². The fraction of sp³-hybridized carbons (Fsp3) is 0.557. The number of methoxy groups -OCH3 is 2. The number of nitrogen functional groups attached to an aromatic ring is 4. The monoisotopic (exact) mass is 1890 g/mol. The van der Waals surface area contributed by atoms with E-state index in [1.54, 1.807) is 11.5 Å². The van der Waals surface area contributed by atoms with Gasteiger partial charge in [0.2, 0.25) is 11.9 Å². The van der Waals surface area contributed by atoms with Crippen LogP contribution in [0.2, 0.25) is 0 Å². The average Bonchev–Trinajstić information content (AvgIpc) is 1.57. The van der Waals surface area contributed by atoms with Gasteiger partial charge in [-0.3, -0.25) is 112 Å². The van der Waals surface area contributed by atoms with Crippen molar-refractivity contribution in [2.24, 2.45) is 11.8 Å². The van der Waals surface area contributed by atoms with E-state index in [9.17, 15) is 80.9 Å². The Kier molecular flexibility index (Phi) is 25.9. The van der Waals surface area contributed by atoms with Gasteiger partial charge in [-0.1, -0.05) is 13.8 Å². The number of nitrogens with one attached hydrogen (secondary N) is 4. The van der Waals surface area contributed by atoms with Crippen molar-refractivity contribution < 1.29 is 144 Å². The molecular weight excluding hydrogens is 1810 g/mol. The second kappa shape index (κ2) is 35.6. The third-order valence-corrected chi connectivity index (χ3v) is 25.9. The summed E-state index contributed by atoms with van der Waals surface area (Å²) in [6, 6.07) is 2.51. The molecule has 0 amide bonds. The van der Waals surface area contributed by atoms with E-state index in [1.807, 2.05) is 16.9 Å². The lowest BCUT2D eigenvalue weighted by Crippen LogP contribution is -2.39. The molecule has 6 aliphatic rings. The second-order valence-corrected chi connectivity index (χ2v) is 35.9. The maximum atomic E-state index is 17.3. The molecule has 15 rings (SSSR count). The molecule has 9 aromatic rings. The molecule has 65 heteroatoms. The number of hydrogen-bond donors (Lipinski definition) is 13. The van der Waals surface area contributed by atoms with Gasteiger partial charge in [0.1, 0.15) is 91.0 Å². The average molecular weight is 1890 g/mol. The quantitative estimate of drug-likeness (QED) is 0.0198. The molecule has 17 N–H and O–H groups in total. The molecule has 6 saturated heterocycles. The van der Waals surface area contributed by atoms with Crippen LogP contribution in [-0.2, 0) is 106 Å². The zero-order valence-electron chi connectivity index (χ0n) is 65.1. The number of hydrogen-bond acceptors (Lipinski definition) is 42. The predicted molar refractivity (Wildman–Crippen MR) is 407 cm³/mol. The number of anilines is 4. The van der Waals surface area contributed by atoms with Gasteiger partial charge in [0.05, 0.1) is 64.2 Å². The number of phosphoric acid groups is 5. The Balaban J connectivity index is 0.667. The first-order valence-corrected chi connectivity index (χ1v) is 44.5. The van der Waals surface area contributed by atoms with Crippen molar-refractivity contribution in [1.29, 1.82) is 0 Å². The number of alkyl halides is 3. The highest BCUT2D eigenvalue weighted by Gasteiger charge is 2.59. The lowest BCUT2D eigenvalue weighted by atomic mass is 9.93. The van der Waals surface area contributed by atoms with Gasteiger partial charge < -0.3 is 85.3 Å². The number of halogens is 3. The van der Waals surface area contributed by atoms with Crippen LogP contribution in [0.1, 0.15) is 58.1 Å². The highest BCUT2D eigenvalue weighted by Crippen LogP contribution is 2.58. The number of phosphoric ester groups is 5. The lowest BCUT2D eigenvalue weighted by Gasteiger charge is -2.28. The van der Waals surface area contributed by atoms with E-state index in [4.69, 9.17) is 106 Å². The van der Waals surface area contributed by atoms with Crippen LogP contribution in [0, 0.1) is 11.8 Å². The number of fused-ring (bicyclic) bond motifs is 3. The number of rotatable bonds is 33. The van der Waals surface area contributed by atoms with E-state index < -0.39 is 276 Å². The molecule has 0 spiro atoms. The van der Waals surface area contributed by atoms with Crippen molar-refractivity contribution in [3.05, 3.63) is 135 Å². The third kappa shape index (κ3) is 18.7. The molecule has 0 aliphatic carbocycles. The number of aromatic amines is 4. The molecule has 29 atom stereocenters. The summed E-state index contributed by atoms with van der Waals surface area (Å²) in [4.78, 5) is 187. The van der Waals surface area contributed by atoms with E-state index in [2.05, 4.69) is 49.8 Å². The summed E-state index contributed by atoms with van der Waals surface area (Å²) in [5, 5.41) is 0. The van der Waals surface area contributed by atoms with Crippen molar-refractivity contribution >= 4 is 96.1 Å². The summed E-state index contributed by atoms with van der Waals surface area (Å²) in [7, 11) is -27.0. The molecule has 6 aliphatic heterocycles. The highest BCUT2D eigenvalue weighted by molar-refractivity contribution is 7.48. The fourth-order valence-corrected chi connectivity index (χ4v) is 19.7. The maximum absolute atomic E-state index is 17.3. The van der Waals surface area contributed by atoms with Gasteiger partial charge in [0.25, 0.3) is 22.2 Å². The molecule has 126 heavy (non-hydrogen) atoms. The summed E-state index contributed by atoms with van der Waals surface area (Å²) in [5.74, 6) is -1.94. The van der Waals surface area contributed by atoms with Crippen LogP contribution in [0.3, 0.4) is 0 Å². The van der Waals surface area contributed by atoms with Crippen molar-refractivity contribution in [2.45, 2.75) is 156 Å². The first kappa shape index (κ1) is 91.5. The first-order chi connectivity index (χ1) is 59.5. The Morgan fingerprint density at radius 1 is 0.405 bits per heavy atom. The SMILES string of the molecule is CO[C@H]1C(OP(=O)(O)OC[C@H]2O[C@@H](n3cnc4c(=O)[nH]c(N)nc43)[C@@H](OC)C2OP(=O)(O)OC[C@H]2O[C@@H](n3cnc4c(N)ncnc43)[C@@H](C)C2C)[C@@H](COP(=O)(O)OC2[C@@H](COP(=O)(O)OC3[C@@H](COP(=O)(O)OC4[C@@H](C)O[C@@H](n5ccc(=O)[nH]c5=O)[C@H]4F)O[C@@H](n4ccc(N)nc4=O)[C@H]3F)O[C@@H](n3ccc(=O)[nH]c3=O)[C@H]2F)O[C@H]1n1cnc2c(=O)[nH]c(N)nc21. The Labute approximate surface area is 697 Å². The van der Waals surface area contributed by atoms with Gasteiger partial charge in [-0.25, -0.2) is 75.3 Å². The van der Waals surface area contributed by atoms with Crippen molar-refractivity contribution in [3.8, 4) is 0 Å². The summed E-state index contributed by atoms with van der Waals surface area (Å²) in [6.45, 7) is -1.47. The van der Waals surface area contributed by atoms with Crippen molar-refractivity contribution in [1.82, 2.24) is 87.2 Å². The standard InChI is InChI=1S/C61H76F3N22O35P5/c1-21-22(2)51(84-18-71-35-45(66)69-17-70-46(35)84)112-24(21)12-106-125(100,101)120-41-28(116-55(43(41)104-4)85-19-72-36-47(85)77-57(67)79-49(36)89)16-110-126(102,103)121-42-27(115-56(44(42)105-5)86-20-73-37-48(86)78-58(68)80-50(37)90)15-109-124(98,99)119-40-26(114-54(34(40)64)83-11-8-31(88)76-61(83)93)14-108-123(96,97)118-39-25(113-53(33(39)63)81-9-6-29(65)74-59(81)91)13-107-122(94,95)117-38-23(3)111-52(32(38)62)82-10-7-30(87)75-60(82)92/h6-11,17-28,32-34,38-44,51-56H,12-16H2,1-5H3,(H,94,95)(H,96,97)(H,98,99)(H,100,101)(H,102,103)(H2,65,74,91)(H2,66,69,70)(H,75,87,92)(H,76,88,93)(H3,67,77,79,89)(H3,68,78,80,90)/t21?,22-,23+,24+,25+,26+,27+,28+,32-,33-,34-,38?,39?,40?,41?,42?,43-,44-,51+,52+,53+,54+,55+,56+/m0/s1. The number of aromatic nitrogens is 18. The number of H-pyrrole nitrogens is 4. The smallest absolute Gasteiger partial charge is 0.383 e. The normalized spacial score (nSPS) is 32.4. The van der Waals surface area contributed by atoms with Gasteiger partial charge in [0, 0.05) is 50.9 Å². The Morgan fingerprint density at radius 2 is 0.770 bits per heavy atom. The molecule has 0 bridgehead atoms. The molecule has 686 valence electrons. The van der Waals surface area contributed by atoms with Crippen LogP contribution >= 0.6 is 39.1 Å². The number of nitrogens with zero attached hydrogens (tertiary/aromatic N) is 14. The van der Waals surface area contributed by atoms with Gasteiger partial charge in [-0.15, -0.1) is 0 Å². The van der Waals surface area contributed by atoms with E-state index in [0.717, 1.165) is 67.5 Å². The van der Waals surface area contributed by atoms with Crippen LogP contribution in [0.5, 0.6) is 0 Å². The largest absolute Gasteiger partial charge is 0.472 e. The molecular formula is C61H76F3N22O35P5. The van der Waals surface area contributed by atoms with Gasteiger partial charge in [-0.2, -0.15) is 15.0 Å².